The van der Waals surface area contributed by atoms with E-state index in [0.29, 0.717) is 129 Å². The minimum absolute atomic E-state index is 0.357. The zero-order valence-corrected chi connectivity index (χ0v) is 38.5. The van der Waals surface area contributed by atoms with Crippen LogP contribution in [0.3, 0.4) is 0 Å². The first-order valence-corrected chi connectivity index (χ1v) is 22.1. The molecule has 3 aromatic rings. The average molecular weight is 869 g/mol. The molecule has 0 saturated heterocycles. The first-order valence-electron chi connectivity index (χ1n) is 22.1. The molecule has 0 radical (unpaired) electrons. The van der Waals surface area contributed by atoms with Crippen molar-refractivity contribution < 1.29 is 42.6 Å². The molecule has 13 nitrogen and oxygen atoms in total. The van der Waals surface area contributed by atoms with E-state index in [9.17, 15) is 5.26 Å². The molecule has 0 atom stereocenters. The third-order valence-corrected chi connectivity index (χ3v) is 10.6. The Labute approximate surface area is 375 Å². The molecule has 2 aliphatic heterocycles. The Kier molecular flexibility index (Phi) is 20.0. The quantitative estimate of drug-likeness (QED) is 0.157. The minimum Gasteiger partial charge on any atom is -0.490 e. The molecule has 63 heavy (non-hydrogen) atoms. The largest absolute Gasteiger partial charge is 0.490 e. The van der Waals surface area contributed by atoms with Crippen LogP contribution in [-0.4, -0.2) is 125 Å². The Hall–Kier alpha value is -5.23. The molecule has 0 unspecified atom stereocenters. The molecule has 0 amide bonds. The second kappa shape index (κ2) is 25.8. The van der Waals surface area contributed by atoms with E-state index in [1.165, 1.54) is 0 Å². The number of hydrogen-bond acceptors (Lipinski definition) is 13. The predicted octanol–water partition coefficient (Wildman–Crippen LogP) is 8.16. The van der Waals surface area contributed by atoms with Crippen molar-refractivity contribution in [3.63, 3.8) is 0 Å². The van der Waals surface area contributed by atoms with Crippen LogP contribution in [0.2, 0.25) is 0 Å². The fraction of sp³-hybridized carbons (Fsp3) is 0.500. The van der Waals surface area contributed by atoms with Crippen LogP contribution < -0.4 is 29.3 Å². The zero-order chi connectivity index (χ0) is 44.9. The Morgan fingerprint density at radius 3 is 2.24 bits per heavy atom. The van der Waals surface area contributed by atoms with Crippen LogP contribution in [-0.2, 0) is 28.4 Å². The molecule has 0 fully saturated rings. The maximum absolute atomic E-state index is 10.0. The molecular formula is C50H68N4O9. The van der Waals surface area contributed by atoms with Crippen molar-refractivity contribution in [2.75, 3.05) is 134 Å². The fourth-order valence-corrected chi connectivity index (χ4v) is 7.27. The van der Waals surface area contributed by atoms with Gasteiger partial charge in [-0.1, -0.05) is 30.4 Å². The van der Waals surface area contributed by atoms with Gasteiger partial charge in [0.25, 0.3) is 0 Å². The predicted molar refractivity (Wildman–Crippen MR) is 250 cm³/mol. The standard InChI is InChI=1S/C50H68N4O9/c1-8-46-41(37-51)42(50(5,6)63-46)14-12-40-13-17-45(49(36-40)62-33-28-55-7)54-21-26-60-47-34-38(3)10-15-43(47)52-18-23-57-31-32-59-25-20-53(19-24-58-30-29-56-9-2)44-16-11-39(4)35-48(44)61-27-22-54/h8,10-17,34-36,52H,9,18-33H2,1-7H3. The second-order valence-electron chi connectivity index (χ2n) is 15.7. The van der Waals surface area contributed by atoms with Gasteiger partial charge in [0.15, 0.2) is 0 Å². The summed E-state index contributed by atoms with van der Waals surface area (Å²) in [6, 6.07) is 21.0. The van der Waals surface area contributed by atoms with Gasteiger partial charge in [0.1, 0.15) is 60.1 Å². The van der Waals surface area contributed by atoms with Crippen molar-refractivity contribution in [3.8, 4) is 23.3 Å². The summed E-state index contributed by atoms with van der Waals surface area (Å²) in [7, 11) is 1.66. The smallest absolute Gasteiger partial charge is 0.143 e. The maximum Gasteiger partial charge on any atom is 0.143 e. The Bertz CT molecular complexity index is 2020. The molecule has 13 heteroatoms. The average Bonchev–Trinajstić information content (AvgIpc) is 3.53. The zero-order valence-electron chi connectivity index (χ0n) is 38.5. The molecule has 2 aliphatic rings. The number of nitriles is 1. The Balaban J connectivity index is 1.46. The minimum atomic E-state index is -0.646. The molecular weight excluding hydrogens is 801 g/mol. The molecule has 5 rings (SSSR count). The van der Waals surface area contributed by atoms with Gasteiger partial charge in [-0.25, -0.2) is 0 Å². The van der Waals surface area contributed by atoms with Crippen molar-refractivity contribution in [2.24, 2.45) is 0 Å². The topological polar surface area (TPSA) is 125 Å². The van der Waals surface area contributed by atoms with Gasteiger partial charge in [-0.2, -0.15) is 5.26 Å². The number of fused-ring (bicyclic) bond motifs is 2. The van der Waals surface area contributed by atoms with Crippen LogP contribution in [0.1, 0.15) is 44.4 Å². The number of aryl methyl sites for hydroxylation is 2. The number of nitrogens with zero attached hydrogens (tertiary/aromatic N) is 3. The van der Waals surface area contributed by atoms with E-state index < -0.39 is 5.60 Å². The van der Waals surface area contributed by atoms with E-state index in [0.717, 1.165) is 50.8 Å². The van der Waals surface area contributed by atoms with Crippen LogP contribution in [0.4, 0.5) is 17.1 Å². The summed E-state index contributed by atoms with van der Waals surface area (Å²) in [6.07, 6.45) is 5.80. The second-order valence-corrected chi connectivity index (χ2v) is 15.7. The van der Waals surface area contributed by atoms with E-state index in [4.69, 9.17) is 42.6 Å². The van der Waals surface area contributed by atoms with E-state index in [2.05, 4.69) is 77.5 Å². The first kappa shape index (κ1) is 48.8. The van der Waals surface area contributed by atoms with Gasteiger partial charge >= 0.3 is 0 Å². The highest BCUT2D eigenvalue weighted by Crippen LogP contribution is 2.39. The number of anilines is 3. The highest BCUT2D eigenvalue weighted by atomic mass is 16.5. The van der Waals surface area contributed by atoms with Gasteiger partial charge in [0.2, 0.25) is 0 Å². The molecule has 3 aromatic carbocycles. The summed E-state index contributed by atoms with van der Waals surface area (Å²) in [6.45, 7) is 20.8. The third-order valence-electron chi connectivity index (χ3n) is 10.6. The lowest BCUT2D eigenvalue weighted by atomic mass is 9.94. The molecule has 342 valence electrons. The fourth-order valence-electron chi connectivity index (χ4n) is 7.27. The summed E-state index contributed by atoms with van der Waals surface area (Å²) >= 11 is 0. The van der Waals surface area contributed by atoms with Crippen molar-refractivity contribution in [3.05, 3.63) is 100 Å². The summed E-state index contributed by atoms with van der Waals surface area (Å²) in [5.74, 6) is 2.84. The maximum atomic E-state index is 10.0. The molecule has 0 spiro atoms. The monoisotopic (exact) mass is 868 g/mol. The number of methoxy groups -OCH3 is 1. The lowest BCUT2D eigenvalue weighted by molar-refractivity contribution is 0.0498. The van der Waals surface area contributed by atoms with E-state index >= 15 is 0 Å². The van der Waals surface area contributed by atoms with Gasteiger partial charge in [0.05, 0.1) is 83.0 Å². The van der Waals surface area contributed by atoms with Gasteiger partial charge in [-0.15, -0.1) is 0 Å². The molecule has 0 aliphatic carbocycles. The Morgan fingerprint density at radius 1 is 0.778 bits per heavy atom. The number of ether oxygens (including phenoxy) is 9. The van der Waals surface area contributed by atoms with Crippen LogP contribution >= 0.6 is 0 Å². The number of benzene rings is 3. The number of nitrogens with one attached hydrogen (secondary N) is 1. The van der Waals surface area contributed by atoms with Crippen LogP contribution in [0.25, 0.3) is 6.08 Å². The highest BCUT2D eigenvalue weighted by Gasteiger charge is 2.36. The molecule has 2 heterocycles. The van der Waals surface area contributed by atoms with Gasteiger partial charge in [-0.3, -0.25) is 0 Å². The van der Waals surface area contributed by atoms with E-state index in [1.807, 2.05) is 58.1 Å². The van der Waals surface area contributed by atoms with Crippen molar-refractivity contribution in [1.82, 2.24) is 0 Å². The van der Waals surface area contributed by atoms with Gasteiger partial charge in [-0.05, 0) is 101 Å². The molecule has 0 bridgehead atoms. The molecule has 1 N–H and O–H groups in total. The highest BCUT2D eigenvalue weighted by molar-refractivity contribution is 5.68. The summed E-state index contributed by atoms with van der Waals surface area (Å²) < 4.78 is 54.6. The van der Waals surface area contributed by atoms with Gasteiger partial charge < -0.3 is 57.7 Å². The van der Waals surface area contributed by atoms with Gasteiger partial charge in [0, 0.05) is 38.9 Å². The van der Waals surface area contributed by atoms with Crippen molar-refractivity contribution in [1.29, 1.82) is 5.26 Å². The third kappa shape index (κ3) is 14.9. The molecule has 0 saturated carbocycles. The van der Waals surface area contributed by atoms with Crippen molar-refractivity contribution in [2.45, 2.75) is 47.1 Å². The molecule has 0 aromatic heterocycles. The summed E-state index contributed by atoms with van der Waals surface area (Å²) in [5.41, 5.74) is 6.58. The Morgan fingerprint density at radius 2 is 1.49 bits per heavy atom. The van der Waals surface area contributed by atoms with Crippen LogP contribution in [0, 0.1) is 25.2 Å². The first-order chi connectivity index (χ1) is 30.7. The number of hydrogen-bond donors (Lipinski definition) is 1. The number of rotatable bonds is 14. The SMILES string of the molecule is CC=C1OC(C)(C)C(C=Cc2ccc(N3CCOc4cc(C)ccc4NCCOCCOCCN(CCOCCOCC)c4ccc(C)cc4OCC3)c(OCCOC)c2)=C1C#N. The lowest BCUT2D eigenvalue weighted by Crippen LogP contribution is -2.34. The van der Waals surface area contributed by atoms with E-state index in [1.54, 1.807) is 7.11 Å². The lowest BCUT2D eigenvalue weighted by Gasteiger charge is -2.29. The summed E-state index contributed by atoms with van der Waals surface area (Å²) in [4.78, 5) is 4.50. The van der Waals surface area contributed by atoms with Crippen LogP contribution in [0.5, 0.6) is 17.2 Å². The van der Waals surface area contributed by atoms with Crippen LogP contribution in [0.15, 0.2) is 83.7 Å². The summed E-state index contributed by atoms with van der Waals surface area (Å²) in [5, 5.41) is 13.5. The van der Waals surface area contributed by atoms with Crippen molar-refractivity contribution >= 4 is 23.1 Å². The van der Waals surface area contributed by atoms with E-state index in [-0.39, 0.29) is 0 Å². The normalized spacial score (nSPS) is 17.5. The number of allylic oxidation sites excluding steroid dienone is 2.